The van der Waals surface area contributed by atoms with Gasteiger partial charge >= 0.3 is 6.09 Å². The van der Waals surface area contributed by atoms with Crippen molar-refractivity contribution in [2.75, 3.05) is 39.3 Å². The molecule has 2 fully saturated rings. The molecule has 1 amide bonds. The van der Waals surface area contributed by atoms with E-state index in [0.29, 0.717) is 18.3 Å². The number of ether oxygens (including phenoxy) is 2. The van der Waals surface area contributed by atoms with Crippen molar-refractivity contribution in [3.8, 4) is 11.5 Å². The first-order valence-corrected chi connectivity index (χ1v) is 14.5. The van der Waals surface area contributed by atoms with Crippen LogP contribution in [-0.2, 0) is 11.2 Å². The van der Waals surface area contributed by atoms with Gasteiger partial charge in [-0.05, 0) is 86.1 Å². The molecule has 1 N–H and O–H groups in total. The highest BCUT2D eigenvalue weighted by Crippen LogP contribution is 2.47. The van der Waals surface area contributed by atoms with E-state index in [1.165, 1.54) is 22.3 Å². The number of phenolic OH excluding ortho intramolecular Hbond substituents is 1. The summed E-state index contributed by atoms with van der Waals surface area (Å²) in [6.45, 7) is 10.8. The van der Waals surface area contributed by atoms with Crippen molar-refractivity contribution >= 4 is 6.09 Å². The molecule has 3 aliphatic rings. The number of benzene rings is 3. The minimum atomic E-state index is -0.449. The molecule has 0 radical (unpaired) electrons. The van der Waals surface area contributed by atoms with Crippen molar-refractivity contribution in [1.82, 2.24) is 9.80 Å². The minimum Gasteiger partial charge on any atom is -0.508 e. The fourth-order valence-electron chi connectivity index (χ4n) is 6.82. The maximum atomic E-state index is 12.2. The van der Waals surface area contributed by atoms with Crippen LogP contribution in [0.1, 0.15) is 61.3 Å². The lowest BCUT2D eigenvalue weighted by molar-refractivity contribution is -0.114. The molecule has 2 aliphatic heterocycles. The van der Waals surface area contributed by atoms with Crippen LogP contribution in [0.4, 0.5) is 4.79 Å². The largest absolute Gasteiger partial charge is 0.508 e. The molecule has 0 aromatic heterocycles. The van der Waals surface area contributed by atoms with Gasteiger partial charge in [0.15, 0.2) is 0 Å². The number of phenols is 1. The molecule has 1 aliphatic carbocycles. The third-order valence-electron chi connectivity index (χ3n) is 8.55. The number of aromatic hydroxyl groups is 1. The lowest BCUT2D eigenvalue weighted by Crippen LogP contribution is -2.73. The third kappa shape index (κ3) is 5.55. The van der Waals surface area contributed by atoms with Gasteiger partial charge in [-0.1, -0.05) is 48.5 Å². The first kappa shape index (κ1) is 26.7. The van der Waals surface area contributed by atoms with Gasteiger partial charge < -0.3 is 19.5 Å². The van der Waals surface area contributed by atoms with E-state index in [1.807, 2.05) is 37.8 Å². The normalized spacial score (nSPS) is 21.7. The Balaban J connectivity index is 1.04. The van der Waals surface area contributed by atoms with E-state index in [-0.39, 0.29) is 17.4 Å². The lowest BCUT2D eigenvalue weighted by atomic mass is 9.69. The van der Waals surface area contributed by atoms with Gasteiger partial charge in [-0.3, -0.25) is 4.90 Å². The average molecular weight is 541 g/mol. The summed E-state index contributed by atoms with van der Waals surface area (Å²) in [6, 6.07) is 25.2. The Hall–Kier alpha value is -3.51. The Bertz CT molecular complexity index is 1330. The SMILES string of the molecule is CC(C)(C)OC(=O)N1CC2(CN(CCOc3ccc(C4c5ccc(O)cc5CCC4c4ccccc4)cc3)C2)C1. The number of amides is 1. The number of fused-ring (bicyclic) bond motifs is 1. The molecule has 6 heteroatoms. The Morgan fingerprint density at radius 2 is 1.68 bits per heavy atom. The van der Waals surface area contributed by atoms with Crippen LogP contribution >= 0.6 is 0 Å². The van der Waals surface area contributed by atoms with E-state index in [2.05, 4.69) is 65.6 Å². The fraction of sp³-hybridized carbons (Fsp3) is 0.441. The van der Waals surface area contributed by atoms with Gasteiger partial charge in [0.05, 0.1) is 0 Å². The fourth-order valence-corrected chi connectivity index (χ4v) is 6.82. The molecule has 3 aromatic rings. The van der Waals surface area contributed by atoms with E-state index < -0.39 is 5.60 Å². The van der Waals surface area contributed by atoms with Crippen LogP contribution in [0.25, 0.3) is 0 Å². The number of aryl methyl sites for hydroxylation is 1. The van der Waals surface area contributed by atoms with Gasteiger partial charge in [0, 0.05) is 44.1 Å². The van der Waals surface area contributed by atoms with E-state index in [0.717, 1.165) is 51.3 Å². The number of likely N-dealkylation sites (tertiary alicyclic amines) is 2. The van der Waals surface area contributed by atoms with Gasteiger partial charge in [-0.15, -0.1) is 0 Å². The summed E-state index contributed by atoms with van der Waals surface area (Å²) in [5, 5.41) is 10.1. The van der Waals surface area contributed by atoms with Crippen LogP contribution in [0, 0.1) is 5.41 Å². The van der Waals surface area contributed by atoms with Crippen molar-refractivity contribution < 1.29 is 19.4 Å². The third-order valence-corrected chi connectivity index (χ3v) is 8.55. The van der Waals surface area contributed by atoms with Crippen LogP contribution < -0.4 is 4.74 Å². The number of carbonyl (C=O) groups excluding carboxylic acids is 1. The average Bonchev–Trinajstić information content (AvgIpc) is 2.88. The minimum absolute atomic E-state index is 0.201. The molecule has 6 rings (SSSR count). The predicted octanol–water partition coefficient (Wildman–Crippen LogP) is 6.19. The summed E-state index contributed by atoms with van der Waals surface area (Å²) in [4.78, 5) is 16.4. The highest BCUT2D eigenvalue weighted by molar-refractivity contribution is 5.69. The van der Waals surface area contributed by atoms with Gasteiger partial charge in [0.2, 0.25) is 0 Å². The Kier molecular flexibility index (Phi) is 6.99. The zero-order valence-corrected chi connectivity index (χ0v) is 23.8. The van der Waals surface area contributed by atoms with Crippen molar-refractivity contribution in [3.05, 3.63) is 95.1 Å². The molecule has 0 saturated carbocycles. The second kappa shape index (κ2) is 10.5. The monoisotopic (exact) mass is 540 g/mol. The first-order chi connectivity index (χ1) is 19.2. The number of rotatable bonds is 6. The molecule has 2 atom stereocenters. The molecular formula is C34H40N2O4. The van der Waals surface area contributed by atoms with Crippen LogP contribution in [0.15, 0.2) is 72.8 Å². The highest BCUT2D eigenvalue weighted by atomic mass is 16.6. The van der Waals surface area contributed by atoms with E-state index in [9.17, 15) is 9.90 Å². The van der Waals surface area contributed by atoms with Crippen LogP contribution in [-0.4, -0.2) is 65.9 Å². The molecule has 6 nitrogen and oxygen atoms in total. The molecule has 0 bridgehead atoms. The van der Waals surface area contributed by atoms with Gasteiger partial charge in [-0.2, -0.15) is 0 Å². The Labute approximate surface area is 237 Å². The lowest BCUT2D eigenvalue weighted by Gasteiger charge is -2.59. The molecule has 40 heavy (non-hydrogen) atoms. The summed E-state index contributed by atoms with van der Waals surface area (Å²) in [7, 11) is 0. The van der Waals surface area contributed by atoms with Gasteiger partial charge in [0.1, 0.15) is 23.7 Å². The maximum absolute atomic E-state index is 12.2. The van der Waals surface area contributed by atoms with Crippen molar-refractivity contribution in [1.29, 1.82) is 0 Å². The number of hydrogen-bond acceptors (Lipinski definition) is 5. The summed E-state index contributed by atoms with van der Waals surface area (Å²) in [6.07, 6.45) is 1.82. The molecule has 2 unspecified atom stereocenters. The molecule has 3 aromatic carbocycles. The first-order valence-electron chi connectivity index (χ1n) is 14.5. The second-order valence-electron chi connectivity index (χ2n) is 12.9. The van der Waals surface area contributed by atoms with Crippen LogP contribution in [0.3, 0.4) is 0 Å². The Morgan fingerprint density at radius 3 is 2.38 bits per heavy atom. The van der Waals surface area contributed by atoms with Crippen LogP contribution in [0.2, 0.25) is 0 Å². The quantitative estimate of drug-likeness (QED) is 0.404. The molecule has 1 spiro atoms. The van der Waals surface area contributed by atoms with Gasteiger partial charge in [0.25, 0.3) is 0 Å². The Morgan fingerprint density at radius 1 is 0.950 bits per heavy atom. The predicted molar refractivity (Wildman–Crippen MR) is 156 cm³/mol. The zero-order chi connectivity index (χ0) is 27.9. The van der Waals surface area contributed by atoms with Crippen molar-refractivity contribution in [2.45, 2.75) is 51.0 Å². The topological polar surface area (TPSA) is 62.2 Å². The number of nitrogens with zero attached hydrogens (tertiary/aromatic N) is 2. The summed E-state index contributed by atoms with van der Waals surface area (Å²) in [5.41, 5.74) is 4.97. The van der Waals surface area contributed by atoms with Crippen LogP contribution in [0.5, 0.6) is 11.5 Å². The summed E-state index contributed by atoms with van der Waals surface area (Å²) >= 11 is 0. The highest BCUT2D eigenvalue weighted by Gasteiger charge is 2.53. The molecule has 210 valence electrons. The van der Waals surface area contributed by atoms with Crippen molar-refractivity contribution in [2.24, 2.45) is 5.41 Å². The molecule has 2 saturated heterocycles. The summed E-state index contributed by atoms with van der Waals surface area (Å²) < 4.78 is 11.6. The van der Waals surface area contributed by atoms with Gasteiger partial charge in [-0.25, -0.2) is 4.79 Å². The second-order valence-corrected chi connectivity index (χ2v) is 12.9. The van der Waals surface area contributed by atoms with E-state index in [4.69, 9.17) is 9.47 Å². The van der Waals surface area contributed by atoms with E-state index in [1.54, 1.807) is 0 Å². The smallest absolute Gasteiger partial charge is 0.410 e. The molecule has 2 heterocycles. The standard InChI is InChI=1S/C34H40N2O4/c1-33(2,3)40-32(38)36-22-34(23-36)20-35(21-34)17-18-39-28-13-9-25(10-14-28)31-29(24-7-5-4-6-8-24)15-11-26-19-27(37)12-16-30(26)31/h4-10,12-14,16,19,29,31,37H,11,15,17-18,20-23H2,1-3H3. The number of hydrogen-bond donors (Lipinski definition) is 1. The van der Waals surface area contributed by atoms with E-state index >= 15 is 0 Å². The van der Waals surface area contributed by atoms with Crippen molar-refractivity contribution in [3.63, 3.8) is 0 Å². The maximum Gasteiger partial charge on any atom is 0.410 e. The number of carbonyl (C=O) groups is 1. The summed E-state index contributed by atoms with van der Waals surface area (Å²) in [5.74, 6) is 1.85. The zero-order valence-electron chi connectivity index (χ0n) is 23.8. The molecular weight excluding hydrogens is 500 g/mol.